The van der Waals surface area contributed by atoms with Crippen LogP contribution in [0.15, 0.2) is 41.8 Å². The van der Waals surface area contributed by atoms with E-state index >= 15 is 0 Å². The molecule has 1 aliphatic heterocycles. The number of anilines is 1. The van der Waals surface area contributed by atoms with Crippen LogP contribution in [0.4, 0.5) is 5.82 Å². The first-order chi connectivity index (χ1) is 12.6. The smallest absolute Gasteiger partial charge is 0.264 e. The molecule has 1 amide bonds. The van der Waals surface area contributed by atoms with E-state index < -0.39 is 0 Å². The Bertz CT molecular complexity index is 910. The molecule has 1 aromatic carbocycles. The minimum atomic E-state index is 0.140. The van der Waals surface area contributed by atoms with Gasteiger partial charge in [0.15, 0.2) is 5.82 Å². The van der Waals surface area contributed by atoms with Gasteiger partial charge >= 0.3 is 0 Å². The summed E-state index contributed by atoms with van der Waals surface area (Å²) in [5.74, 6) is 1.05. The Morgan fingerprint density at radius 3 is 2.54 bits per heavy atom. The van der Waals surface area contributed by atoms with E-state index in [0.717, 1.165) is 45.6 Å². The number of hydrogen-bond acceptors (Lipinski definition) is 4. The molecule has 0 radical (unpaired) electrons. The van der Waals surface area contributed by atoms with Crippen LogP contribution in [0.1, 0.15) is 15.2 Å². The Morgan fingerprint density at radius 2 is 1.88 bits per heavy atom. The second-order valence-electron chi connectivity index (χ2n) is 6.36. The number of thiophene rings is 1. The Hall–Kier alpha value is -2.31. The van der Waals surface area contributed by atoms with Gasteiger partial charge in [-0.25, -0.2) is 0 Å². The van der Waals surface area contributed by atoms with Crippen LogP contribution in [0.25, 0.3) is 11.3 Å². The van der Waals surface area contributed by atoms with E-state index in [9.17, 15) is 4.79 Å². The number of carbonyl (C=O) groups is 1. The van der Waals surface area contributed by atoms with Crippen LogP contribution in [0.5, 0.6) is 0 Å². The number of piperazine rings is 1. The molecule has 0 saturated carbocycles. The maximum atomic E-state index is 12.6. The Labute approximate surface area is 161 Å². The van der Waals surface area contributed by atoms with Crippen LogP contribution in [0.3, 0.4) is 0 Å². The van der Waals surface area contributed by atoms with Gasteiger partial charge in [0.1, 0.15) is 0 Å². The molecule has 3 aromatic rings. The molecule has 4 rings (SSSR count). The fourth-order valence-electron chi connectivity index (χ4n) is 3.12. The molecule has 1 aliphatic rings. The van der Waals surface area contributed by atoms with E-state index in [-0.39, 0.29) is 5.91 Å². The molecular weight excluding hydrogens is 368 g/mol. The summed E-state index contributed by atoms with van der Waals surface area (Å²) >= 11 is 7.47. The van der Waals surface area contributed by atoms with Gasteiger partial charge in [0, 0.05) is 37.3 Å². The van der Waals surface area contributed by atoms with Crippen LogP contribution in [0, 0.1) is 6.92 Å². The van der Waals surface area contributed by atoms with Gasteiger partial charge in [-0.15, -0.1) is 11.3 Å². The van der Waals surface area contributed by atoms with E-state index in [1.54, 1.807) is 0 Å². The number of halogens is 1. The lowest BCUT2D eigenvalue weighted by atomic mass is 10.1. The second-order valence-corrected chi connectivity index (χ2v) is 7.71. The zero-order chi connectivity index (χ0) is 18.1. The molecule has 1 saturated heterocycles. The molecule has 1 fully saturated rings. The predicted molar refractivity (Wildman–Crippen MR) is 106 cm³/mol. The summed E-state index contributed by atoms with van der Waals surface area (Å²) in [6, 6.07) is 11.7. The summed E-state index contributed by atoms with van der Waals surface area (Å²) in [7, 11) is 0. The number of H-pyrrole nitrogens is 1. The van der Waals surface area contributed by atoms with E-state index in [1.165, 1.54) is 11.3 Å². The molecular formula is C19H19ClN4OS. The van der Waals surface area contributed by atoms with Crippen LogP contribution in [-0.4, -0.2) is 47.2 Å². The summed E-state index contributed by atoms with van der Waals surface area (Å²) in [5.41, 5.74) is 3.07. The van der Waals surface area contributed by atoms with Crippen molar-refractivity contribution in [1.82, 2.24) is 15.1 Å². The highest BCUT2D eigenvalue weighted by Crippen LogP contribution is 2.25. The summed E-state index contributed by atoms with van der Waals surface area (Å²) in [4.78, 5) is 17.6. The van der Waals surface area contributed by atoms with Gasteiger partial charge in [0.25, 0.3) is 5.91 Å². The number of aryl methyl sites for hydroxylation is 1. The third kappa shape index (κ3) is 3.34. The topological polar surface area (TPSA) is 52.2 Å². The number of hydrogen-bond donors (Lipinski definition) is 1. The predicted octanol–water partition coefficient (Wildman–Crippen LogP) is 4.06. The van der Waals surface area contributed by atoms with E-state index in [4.69, 9.17) is 11.6 Å². The van der Waals surface area contributed by atoms with Gasteiger partial charge in [-0.05, 0) is 41.6 Å². The van der Waals surface area contributed by atoms with Crippen molar-refractivity contribution >= 4 is 34.7 Å². The number of rotatable bonds is 3. The first kappa shape index (κ1) is 17.1. The molecule has 5 nitrogen and oxygen atoms in total. The summed E-state index contributed by atoms with van der Waals surface area (Å²) < 4.78 is 0. The maximum Gasteiger partial charge on any atom is 0.264 e. The van der Waals surface area contributed by atoms with Gasteiger partial charge in [-0.1, -0.05) is 23.7 Å². The van der Waals surface area contributed by atoms with Crippen LogP contribution in [-0.2, 0) is 0 Å². The Morgan fingerprint density at radius 1 is 1.15 bits per heavy atom. The zero-order valence-corrected chi connectivity index (χ0v) is 16.0. The molecule has 0 spiro atoms. The molecule has 0 bridgehead atoms. The molecule has 0 atom stereocenters. The first-order valence-electron chi connectivity index (χ1n) is 8.51. The van der Waals surface area contributed by atoms with Crippen LogP contribution < -0.4 is 4.90 Å². The molecule has 2 aromatic heterocycles. The fraction of sp³-hybridized carbons (Fsp3) is 0.263. The van der Waals surface area contributed by atoms with Crippen molar-refractivity contribution in [3.63, 3.8) is 0 Å². The molecule has 134 valence electrons. The third-order valence-corrected chi connectivity index (χ3v) is 5.92. The van der Waals surface area contributed by atoms with Crippen molar-refractivity contribution in [2.24, 2.45) is 0 Å². The summed E-state index contributed by atoms with van der Waals surface area (Å²) in [6.45, 7) is 4.96. The van der Waals surface area contributed by atoms with Gasteiger partial charge < -0.3 is 9.80 Å². The summed E-state index contributed by atoms with van der Waals surface area (Å²) in [6.07, 6.45) is 0. The average molecular weight is 387 g/mol. The number of aromatic nitrogens is 2. The fourth-order valence-corrected chi connectivity index (χ4v) is 4.14. The largest absolute Gasteiger partial charge is 0.352 e. The number of nitrogens with zero attached hydrogens (tertiary/aromatic N) is 3. The lowest BCUT2D eigenvalue weighted by molar-refractivity contribution is 0.0751. The van der Waals surface area contributed by atoms with Crippen LogP contribution >= 0.6 is 22.9 Å². The maximum absolute atomic E-state index is 12.6. The SMILES string of the molecule is Cc1ccsc1C(=O)N1CCN(c2cc(-c3ccc(Cl)cc3)[nH]n2)CC1. The highest BCUT2D eigenvalue weighted by molar-refractivity contribution is 7.12. The van der Waals surface area contributed by atoms with E-state index in [0.29, 0.717) is 13.1 Å². The number of aromatic amines is 1. The number of carbonyl (C=O) groups excluding carboxylic acids is 1. The van der Waals surface area contributed by atoms with Crippen molar-refractivity contribution < 1.29 is 4.79 Å². The molecule has 0 unspecified atom stereocenters. The van der Waals surface area contributed by atoms with Crippen molar-refractivity contribution in [2.75, 3.05) is 31.1 Å². The zero-order valence-electron chi connectivity index (χ0n) is 14.4. The van der Waals surface area contributed by atoms with E-state index in [1.807, 2.05) is 53.6 Å². The quantitative estimate of drug-likeness (QED) is 0.738. The van der Waals surface area contributed by atoms with Gasteiger partial charge in [0.2, 0.25) is 0 Å². The first-order valence-corrected chi connectivity index (χ1v) is 9.77. The Balaban J connectivity index is 1.41. The summed E-state index contributed by atoms with van der Waals surface area (Å²) in [5, 5.41) is 10.2. The van der Waals surface area contributed by atoms with Gasteiger partial charge in [-0.3, -0.25) is 9.89 Å². The monoisotopic (exact) mass is 386 g/mol. The number of amides is 1. The third-order valence-electron chi connectivity index (χ3n) is 4.67. The standard InChI is InChI=1S/C19H19ClN4OS/c1-13-6-11-26-18(13)19(25)24-9-7-23(8-10-24)17-12-16(21-22-17)14-2-4-15(20)5-3-14/h2-6,11-12H,7-10H2,1H3,(H,21,22). The molecule has 7 heteroatoms. The highest BCUT2D eigenvalue weighted by Gasteiger charge is 2.25. The normalized spacial score (nSPS) is 14.7. The second kappa shape index (κ2) is 7.13. The molecule has 0 aliphatic carbocycles. The van der Waals surface area contributed by atoms with Crippen molar-refractivity contribution in [3.05, 3.63) is 57.2 Å². The van der Waals surface area contributed by atoms with Crippen molar-refractivity contribution in [3.8, 4) is 11.3 Å². The van der Waals surface area contributed by atoms with Gasteiger partial charge in [-0.2, -0.15) is 5.10 Å². The average Bonchev–Trinajstić information content (AvgIpc) is 3.31. The molecule has 26 heavy (non-hydrogen) atoms. The highest BCUT2D eigenvalue weighted by atomic mass is 35.5. The minimum Gasteiger partial charge on any atom is -0.352 e. The number of benzene rings is 1. The minimum absolute atomic E-state index is 0.140. The Kier molecular flexibility index (Phi) is 4.70. The molecule has 3 heterocycles. The van der Waals surface area contributed by atoms with Crippen LogP contribution in [0.2, 0.25) is 5.02 Å². The number of nitrogens with one attached hydrogen (secondary N) is 1. The van der Waals surface area contributed by atoms with Crippen molar-refractivity contribution in [2.45, 2.75) is 6.92 Å². The van der Waals surface area contributed by atoms with Gasteiger partial charge in [0.05, 0.1) is 10.6 Å². The lowest BCUT2D eigenvalue weighted by Gasteiger charge is -2.34. The molecule has 1 N–H and O–H groups in total. The van der Waals surface area contributed by atoms with Crippen molar-refractivity contribution in [1.29, 1.82) is 0 Å². The van der Waals surface area contributed by atoms with E-state index in [2.05, 4.69) is 15.1 Å². The lowest BCUT2D eigenvalue weighted by Crippen LogP contribution is -2.48.